The van der Waals surface area contributed by atoms with E-state index in [1.54, 1.807) is 6.07 Å². The number of aliphatic hydroxyl groups excluding tert-OH is 1. The molecule has 1 aromatic rings. The lowest BCUT2D eigenvalue weighted by molar-refractivity contribution is 0.0893. The van der Waals surface area contributed by atoms with Gasteiger partial charge in [-0.3, -0.25) is 0 Å². The maximum atomic E-state index is 13.2. The van der Waals surface area contributed by atoms with Gasteiger partial charge in [0, 0.05) is 11.6 Å². The summed E-state index contributed by atoms with van der Waals surface area (Å²) < 4.78 is 13.2. The predicted molar refractivity (Wildman–Crippen MR) is 66.7 cm³/mol. The van der Waals surface area contributed by atoms with Gasteiger partial charge >= 0.3 is 0 Å². The SMILES string of the molecule is OCC1(Cc2cc(F)ccc2Cl)CCNCC1. The third kappa shape index (κ3) is 2.97. The first-order valence-corrected chi connectivity index (χ1v) is 6.29. The number of rotatable bonds is 3. The van der Waals surface area contributed by atoms with Crippen LogP contribution in [0.25, 0.3) is 0 Å². The number of piperidine rings is 1. The Morgan fingerprint density at radius 1 is 1.35 bits per heavy atom. The fourth-order valence-corrected chi connectivity index (χ4v) is 2.62. The van der Waals surface area contributed by atoms with Crippen LogP contribution in [0.5, 0.6) is 0 Å². The summed E-state index contributed by atoms with van der Waals surface area (Å²) in [7, 11) is 0. The zero-order valence-corrected chi connectivity index (χ0v) is 10.4. The Morgan fingerprint density at radius 2 is 2.06 bits per heavy atom. The van der Waals surface area contributed by atoms with Crippen LogP contribution >= 0.6 is 11.6 Å². The van der Waals surface area contributed by atoms with E-state index in [9.17, 15) is 9.50 Å². The minimum atomic E-state index is -0.272. The van der Waals surface area contributed by atoms with Crippen molar-refractivity contribution in [2.45, 2.75) is 19.3 Å². The molecule has 1 aliphatic rings. The van der Waals surface area contributed by atoms with Crippen molar-refractivity contribution in [1.82, 2.24) is 5.32 Å². The third-order valence-electron chi connectivity index (χ3n) is 3.57. The predicted octanol–water partition coefficient (Wildman–Crippen LogP) is 2.38. The number of benzene rings is 1. The summed E-state index contributed by atoms with van der Waals surface area (Å²) in [5.74, 6) is -0.272. The van der Waals surface area contributed by atoms with Crippen LogP contribution in [0, 0.1) is 11.2 Å². The van der Waals surface area contributed by atoms with Gasteiger partial charge in [-0.2, -0.15) is 0 Å². The average molecular weight is 258 g/mol. The fraction of sp³-hybridized carbons (Fsp3) is 0.538. The molecule has 0 aromatic heterocycles. The van der Waals surface area contributed by atoms with E-state index in [1.807, 2.05) is 0 Å². The normalized spacial score (nSPS) is 19.2. The Labute approximate surface area is 106 Å². The first kappa shape index (κ1) is 12.8. The van der Waals surface area contributed by atoms with Gasteiger partial charge in [0.2, 0.25) is 0 Å². The van der Waals surface area contributed by atoms with Gasteiger partial charge in [0.05, 0.1) is 0 Å². The molecule has 1 heterocycles. The van der Waals surface area contributed by atoms with E-state index in [-0.39, 0.29) is 17.8 Å². The number of nitrogens with one attached hydrogen (secondary N) is 1. The molecule has 2 rings (SSSR count). The van der Waals surface area contributed by atoms with Crippen molar-refractivity contribution < 1.29 is 9.50 Å². The molecule has 1 aromatic carbocycles. The van der Waals surface area contributed by atoms with Gasteiger partial charge in [0.15, 0.2) is 0 Å². The molecule has 0 saturated carbocycles. The van der Waals surface area contributed by atoms with E-state index in [0.717, 1.165) is 31.5 Å². The second-order valence-electron chi connectivity index (χ2n) is 4.82. The molecular weight excluding hydrogens is 241 g/mol. The Bertz CT molecular complexity index is 391. The molecular formula is C13H17ClFNO. The zero-order valence-electron chi connectivity index (χ0n) is 9.68. The van der Waals surface area contributed by atoms with Gasteiger partial charge in [-0.15, -0.1) is 0 Å². The number of hydrogen-bond donors (Lipinski definition) is 2. The first-order chi connectivity index (χ1) is 8.15. The molecule has 0 amide bonds. The number of aliphatic hydroxyl groups is 1. The quantitative estimate of drug-likeness (QED) is 0.872. The number of hydrogen-bond acceptors (Lipinski definition) is 2. The molecule has 2 nitrogen and oxygen atoms in total. The van der Waals surface area contributed by atoms with Crippen molar-refractivity contribution in [1.29, 1.82) is 0 Å². The second-order valence-corrected chi connectivity index (χ2v) is 5.23. The first-order valence-electron chi connectivity index (χ1n) is 5.91. The molecule has 17 heavy (non-hydrogen) atoms. The molecule has 0 spiro atoms. The fourth-order valence-electron chi connectivity index (χ4n) is 2.43. The highest BCUT2D eigenvalue weighted by molar-refractivity contribution is 6.31. The third-order valence-corrected chi connectivity index (χ3v) is 3.94. The Hall–Kier alpha value is -0.640. The highest BCUT2D eigenvalue weighted by Gasteiger charge is 2.32. The molecule has 0 atom stereocenters. The van der Waals surface area contributed by atoms with E-state index in [4.69, 9.17) is 11.6 Å². The molecule has 0 unspecified atom stereocenters. The zero-order chi connectivity index (χ0) is 12.3. The highest BCUT2D eigenvalue weighted by atomic mass is 35.5. The van der Waals surface area contributed by atoms with Crippen LogP contribution in [0.3, 0.4) is 0 Å². The maximum Gasteiger partial charge on any atom is 0.123 e. The van der Waals surface area contributed by atoms with Crippen LogP contribution in [0.2, 0.25) is 5.02 Å². The van der Waals surface area contributed by atoms with Gasteiger partial charge in [0.1, 0.15) is 5.82 Å². The summed E-state index contributed by atoms with van der Waals surface area (Å²) in [6, 6.07) is 4.42. The topological polar surface area (TPSA) is 32.3 Å². The molecule has 2 N–H and O–H groups in total. The summed E-state index contributed by atoms with van der Waals surface area (Å²) in [5.41, 5.74) is 0.644. The van der Waals surface area contributed by atoms with Crippen molar-refractivity contribution in [2.24, 2.45) is 5.41 Å². The average Bonchev–Trinajstić information content (AvgIpc) is 2.35. The molecule has 1 aliphatic heterocycles. The van der Waals surface area contributed by atoms with Gasteiger partial charge < -0.3 is 10.4 Å². The van der Waals surface area contributed by atoms with E-state index in [0.29, 0.717) is 11.4 Å². The van der Waals surface area contributed by atoms with Gasteiger partial charge in [-0.05, 0) is 61.5 Å². The highest BCUT2D eigenvalue weighted by Crippen LogP contribution is 2.34. The molecule has 0 aliphatic carbocycles. The summed E-state index contributed by atoms with van der Waals surface area (Å²) >= 11 is 6.07. The van der Waals surface area contributed by atoms with E-state index in [2.05, 4.69) is 5.32 Å². The van der Waals surface area contributed by atoms with Crippen molar-refractivity contribution in [3.63, 3.8) is 0 Å². The van der Waals surface area contributed by atoms with Crippen molar-refractivity contribution in [3.8, 4) is 0 Å². The molecule has 0 bridgehead atoms. The van der Waals surface area contributed by atoms with Crippen LogP contribution in [0.15, 0.2) is 18.2 Å². The lowest BCUT2D eigenvalue weighted by Crippen LogP contribution is -2.40. The summed E-state index contributed by atoms with van der Waals surface area (Å²) in [5, 5.41) is 13.4. The van der Waals surface area contributed by atoms with E-state index >= 15 is 0 Å². The molecule has 1 fully saturated rings. The van der Waals surface area contributed by atoms with Crippen LogP contribution in [0.1, 0.15) is 18.4 Å². The summed E-state index contributed by atoms with van der Waals surface area (Å²) in [4.78, 5) is 0. The van der Waals surface area contributed by atoms with Crippen molar-refractivity contribution in [3.05, 3.63) is 34.6 Å². The van der Waals surface area contributed by atoms with E-state index < -0.39 is 0 Å². The Morgan fingerprint density at radius 3 is 2.71 bits per heavy atom. The standard InChI is InChI=1S/C13H17ClFNO/c14-12-2-1-11(15)7-10(12)8-13(9-17)3-5-16-6-4-13/h1-2,7,16-17H,3-6,8-9H2. The van der Waals surface area contributed by atoms with Gasteiger partial charge in [-0.1, -0.05) is 11.6 Å². The van der Waals surface area contributed by atoms with Gasteiger partial charge in [0.25, 0.3) is 0 Å². The van der Waals surface area contributed by atoms with Crippen LogP contribution in [-0.2, 0) is 6.42 Å². The summed E-state index contributed by atoms with van der Waals surface area (Å²) in [6.07, 6.45) is 2.44. The lowest BCUT2D eigenvalue weighted by atomic mass is 9.75. The molecule has 94 valence electrons. The monoisotopic (exact) mass is 257 g/mol. The minimum absolute atomic E-state index is 0.127. The Balaban J connectivity index is 2.20. The molecule has 1 saturated heterocycles. The smallest absolute Gasteiger partial charge is 0.123 e. The van der Waals surface area contributed by atoms with Crippen molar-refractivity contribution in [2.75, 3.05) is 19.7 Å². The second kappa shape index (κ2) is 5.34. The van der Waals surface area contributed by atoms with Crippen molar-refractivity contribution >= 4 is 11.6 Å². The largest absolute Gasteiger partial charge is 0.396 e. The van der Waals surface area contributed by atoms with E-state index in [1.165, 1.54) is 12.1 Å². The Kier molecular flexibility index (Phi) is 4.02. The maximum absolute atomic E-state index is 13.2. The lowest BCUT2D eigenvalue weighted by Gasteiger charge is -2.36. The van der Waals surface area contributed by atoms with Gasteiger partial charge in [-0.25, -0.2) is 4.39 Å². The van der Waals surface area contributed by atoms with Crippen LogP contribution in [-0.4, -0.2) is 24.8 Å². The summed E-state index contributed by atoms with van der Waals surface area (Å²) in [6.45, 7) is 1.92. The molecule has 4 heteroatoms. The number of halogens is 2. The van der Waals surface area contributed by atoms with Crippen LogP contribution in [0.4, 0.5) is 4.39 Å². The molecule has 0 radical (unpaired) electrons. The van der Waals surface area contributed by atoms with Crippen LogP contribution < -0.4 is 5.32 Å². The minimum Gasteiger partial charge on any atom is -0.396 e.